The van der Waals surface area contributed by atoms with Crippen LogP contribution >= 0.6 is 0 Å². The van der Waals surface area contributed by atoms with E-state index in [0.717, 1.165) is 16.7 Å². The Hall–Kier alpha value is -3.74. The van der Waals surface area contributed by atoms with E-state index in [1.807, 2.05) is 39.4 Å². The highest BCUT2D eigenvalue weighted by Gasteiger charge is 2.17. The maximum atomic E-state index is 14.9. The molecule has 6 nitrogen and oxygen atoms in total. The van der Waals surface area contributed by atoms with Crippen molar-refractivity contribution in [2.75, 3.05) is 12.4 Å². The van der Waals surface area contributed by atoms with Gasteiger partial charge in [-0.15, -0.1) is 0 Å². The zero-order valence-corrected chi connectivity index (χ0v) is 17.9. The average Bonchev–Trinajstić information content (AvgIpc) is 3.21. The van der Waals surface area contributed by atoms with E-state index in [4.69, 9.17) is 4.74 Å². The summed E-state index contributed by atoms with van der Waals surface area (Å²) in [6.07, 6.45) is 5.46. The summed E-state index contributed by atoms with van der Waals surface area (Å²) in [6.45, 7) is 3.86. The minimum atomic E-state index is -0.438. The third-order valence-electron chi connectivity index (χ3n) is 5.16. The number of hydrogen-bond donors (Lipinski definition) is 1. The van der Waals surface area contributed by atoms with E-state index in [1.165, 1.54) is 7.11 Å². The number of methoxy groups -OCH3 is 1. The Morgan fingerprint density at radius 1 is 1.06 bits per heavy atom. The second-order valence-electron chi connectivity index (χ2n) is 7.40. The number of anilines is 1. The molecule has 2 heterocycles. The van der Waals surface area contributed by atoms with Gasteiger partial charge >= 0.3 is 0 Å². The van der Waals surface area contributed by atoms with Crippen molar-refractivity contribution >= 4 is 5.82 Å². The van der Waals surface area contributed by atoms with Crippen LogP contribution < -0.4 is 10.1 Å². The number of nitrogens with one attached hydrogen (secondary N) is 1. The molecule has 0 bridgehead atoms. The van der Waals surface area contributed by atoms with Crippen molar-refractivity contribution in [3.05, 3.63) is 78.3 Å². The number of aryl methyl sites for hydroxylation is 2. The first-order chi connectivity index (χ1) is 15.0. The lowest BCUT2D eigenvalue weighted by atomic mass is 10.0. The largest absolute Gasteiger partial charge is 0.494 e. The molecule has 1 N–H and O–H groups in total. The van der Waals surface area contributed by atoms with Crippen LogP contribution in [-0.4, -0.2) is 26.9 Å². The van der Waals surface area contributed by atoms with Crippen LogP contribution in [-0.2, 0) is 7.05 Å². The van der Waals surface area contributed by atoms with Crippen LogP contribution in [0.1, 0.15) is 24.4 Å². The number of halogens is 1. The summed E-state index contributed by atoms with van der Waals surface area (Å²) in [5.41, 5.74) is 4.18. The average molecular weight is 417 g/mol. The zero-order chi connectivity index (χ0) is 22.0. The summed E-state index contributed by atoms with van der Waals surface area (Å²) in [4.78, 5) is 8.83. The van der Waals surface area contributed by atoms with Gasteiger partial charge in [0.1, 0.15) is 11.6 Å². The normalized spacial score (nSPS) is 11.9. The van der Waals surface area contributed by atoms with Crippen molar-refractivity contribution in [1.82, 2.24) is 19.7 Å². The quantitative estimate of drug-likeness (QED) is 0.469. The van der Waals surface area contributed by atoms with E-state index in [9.17, 15) is 4.39 Å². The fourth-order valence-electron chi connectivity index (χ4n) is 3.50. The lowest BCUT2D eigenvalue weighted by Gasteiger charge is -2.19. The summed E-state index contributed by atoms with van der Waals surface area (Å²) in [7, 11) is 3.35. The second kappa shape index (κ2) is 8.55. The van der Waals surface area contributed by atoms with Crippen LogP contribution in [0.3, 0.4) is 0 Å². The summed E-state index contributed by atoms with van der Waals surface area (Å²) < 4.78 is 21.8. The van der Waals surface area contributed by atoms with E-state index in [1.54, 1.807) is 29.1 Å². The van der Waals surface area contributed by atoms with Crippen molar-refractivity contribution in [2.24, 2.45) is 7.05 Å². The molecule has 4 aromatic rings. The number of rotatable bonds is 6. The van der Waals surface area contributed by atoms with Gasteiger partial charge in [-0.25, -0.2) is 14.4 Å². The fourth-order valence-corrected chi connectivity index (χ4v) is 3.50. The predicted molar refractivity (Wildman–Crippen MR) is 119 cm³/mol. The van der Waals surface area contributed by atoms with Crippen LogP contribution in [0.5, 0.6) is 5.75 Å². The van der Waals surface area contributed by atoms with E-state index >= 15 is 0 Å². The molecule has 0 saturated carbocycles. The molecule has 0 amide bonds. The number of benzene rings is 2. The molecule has 0 aliphatic carbocycles. The molecule has 31 heavy (non-hydrogen) atoms. The number of aromatic nitrogens is 4. The molecule has 0 radical (unpaired) electrons. The molecular weight excluding hydrogens is 393 g/mol. The summed E-state index contributed by atoms with van der Waals surface area (Å²) in [5, 5.41) is 7.69. The molecule has 1 atom stereocenters. The van der Waals surface area contributed by atoms with Gasteiger partial charge in [-0.3, -0.25) is 4.68 Å². The molecule has 158 valence electrons. The molecule has 1 unspecified atom stereocenters. The standard InChI is InChI=1S/C24H24FN5O/c1-15(17-7-5-8-18(11-17)19-12-27-30(3)14-19)28-24-21(13-26-16(2)29-24)20-9-6-10-22(31-4)23(20)25/h5-15H,1-4H3,(H,26,28,29). The van der Waals surface area contributed by atoms with Gasteiger partial charge < -0.3 is 10.1 Å². The third-order valence-corrected chi connectivity index (χ3v) is 5.16. The highest BCUT2D eigenvalue weighted by molar-refractivity contribution is 5.76. The van der Waals surface area contributed by atoms with Gasteiger partial charge in [0, 0.05) is 42.2 Å². The molecule has 0 spiro atoms. The van der Waals surface area contributed by atoms with Gasteiger partial charge in [0.15, 0.2) is 11.6 Å². The van der Waals surface area contributed by atoms with Crippen LogP contribution in [0, 0.1) is 12.7 Å². The molecule has 0 aliphatic rings. The van der Waals surface area contributed by atoms with Gasteiger partial charge in [0.25, 0.3) is 0 Å². The van der Waals surface area contributed by atoms with Crippen molar-refractivity contribution < 1.29 is 9.13 Å². The highest BCUT2D eigenvalue weighted by atomic mass is 19.1. The maximum Gasteiger partial charge on any atom is 0.173 e. The molecular formula is C24H24FN5O. The molecule has 0 aliphatic heterocycles. The van der Waals surface area contributed by atoms with Crippen molar-refractivity contribution in [3.8, 4) is 28.0 Å². The molecule has 0 fully saturated rings. The Morgan fingerprint density at radius 3 is 2.61 bits per heavy atom. The van der Waals surface area contributed by atoms with Gasteiger partial charge in [-0.05, 0) is 37.1 Å². The molecule has 4 rings (SSSR count). The topological polar surface area (TPSA) is 64.9 Å². The van der Waals surface area contributed by atoms with Crippen LogP contribution in [0.4, 0.5) is 10.2 Å². The SMILES string of the molecule is COc1cccc(-c2cnc(C)nc2NC(C)c2cccc(-c3cnn(C)c3)c2)c1F. The van der Waals surface area contributed by atoms with Crippen LogP contribution in [0.2, 0.25) is 0 Å². The Kier molecular flexibility index (Phi) is 5.66. The van der Waals surface area contributed by atoms with Gasteiger partial charge in [0.05, 0.1) is 13.3 Å². The van der Waals surface area contributed by atoms with E-state index in [2.05, 4.69) is 38.6 Å². The Balaban J connectivity index is 1.68. The molecule has 2 aromatic carbocycles. The van der Waals surface area contributed by atoms with Gasteiger partial charge in [-0.2, -0.15) is 5.10 Å². The minimum Gasteiger partial charge on any atom is -0.494 e. The first kappa shape index (κ1) is 20.5. The van der Waals surface area contributed by atoms with E-state index < -0.39 is 5.82 Å². The molecule has 2 aromatic heterocycles. The van der Waals surface area contributed by atoms with Crippen LogP contribution in [0.15, 0.2) is 61.1 Å². The number of ether oxygens (including phenoxy) is 1. The lowest BCUT2D eigenvalue weighted by Crippen LogP contribution is -2.10. The highest BCUT2D eigenvalue weighted by Crippen LogP contribution is 2.34. The Labute approximate surface area is 180 Å². The van der Waals surface area contributed by atoms with E-state index in [0.29, 0.717) is 22.8 Å². The fraction of sp³-hybridized carbons (Fsp3) is 0.208. The first-order valence-electron chi connectivity index (χ1n) is 9.98. The van der Waals surface area contributed by atoms with E-state index in [-0.39, 0.29) is 11.8 Å². The molecule has 7 heteroatoms. The van der Waals surface area contributed by atoms with Crippen molar-refractivity contribution in [2.45, 2.75) is 19.9 Å². The Morgan fingerprint density at radius 2 is 1.87 bits per heavy atom. The summed E-state index contributed by atoms with van der Waals surface area (Å²) >= 11 is 0. The summed E-state index contributed by atoms with van der Waals surface area (Å²) in [6, 6.07) is 13.2. The molecule has 0 saturated heterocycles. The smallest absolute Gasteiger partial charge is 0.173 e. The van der Waals surface area contributed by atoms with Crippen molar-refractivity contribution in [3.63, 3.8) is 0 Å². The first-order valence-corrected chi connectivity index (χ1v) is 9.98. The van der Waals surface area contributed by atoms with Crippen LogP contribution in [0.25, 0.3) is 22.3 Å². The third kappa shape index (κ3) is 4.26. The monoisotopic (exact) mass is 417 g/mol. The lowest BCUT2D eigenvalue weighted by molar-refractivity contribution is 0.387. The second-order valence-corrected chi connectivity index (χ2v) is 7.40. The number of nitrogens with zero attached hydrogens (tertiary/aromatic N) is 4. The van der Waals surface area contributed by atoms with Gasteiger partial charge in [0.2, 0.25) is 0 Å². The Bertz CT molecular complexity index is 1220. The van der Waals surface area contributed by atoms with Gasteiger partial charge in [-0.1, -0.05) is 30.3 Å². The van der Waals surface area contributed by atoms with Crippen molar-refractivity contribution in [1.29, 1.82) is 0 Å². The maximum absolute atomic E-state index is 14.9. The zero-order valence-electron chi connectivity index (χ0n) is 17.9. The minimum absolute atomic E-state index is 0.0710. The predicted octanol–water partition coefficient (Wildman–Crippen LogP) is 5.17. The summed E-state index contributed by atoms with van der Waals surface area (Å²) in [5.74, 6) is 0.915. The number of hydrogen-bond acceptors (Lipinski definition) is 5.